The van der Waals surface area contributed by atoms with Gasteiger partial charge in [-0.1, -0.05) is 0 Å². The summed E-state index contributed by atoms with van der Waals surface area (Å²) in [5, 5.41) is 0. The van der Waals surface area contributed by atoms with Gasteiger partial charge in [0, 0.05) is 0 Å². The third-order valence-electron chi connectivity index (χ3n) is 2.11. The van der Waals surface area contributed by atoms with E-state index in [9.17, 15) is 4.79 Å². The molecule has 0 fully saturated rings. The second-order valence-corrected chi connectivity index (χ2v) is 4.22. The summed E-state index contributed by atoms with van der Waals surface area (Å²) in [5.41, 5.74) is -0.237. The van der Waals surface area contributed by atoms with Crippen LogP contribution >= 0.6 is 0 Å². The predicted octanol–water partition coefficient (Wildman–Crippen LogP) is 1.68. The van der Waals surface area contributed by atoms with Gasteiger partial charge in [0.05, 0.1) is 0 Å². The van der Waals surface area contributed by atoms with E-state index in [1.54, 1.807) is 22.3 Å². The molecule has 0 spiro atoms. The Morgan fingerprint density at radius 2 is 2.17 bits per heavy atom. The number of esters is 1. The van der Waals surface area contributed by atoms with Crippen LogP contribution in [0.4, 0.5) is 0 Å². The average molecular weight is 286 g/mol. The molecule has 1 unspecified atom stereocenters. The number of hydrogen-bond acceptors (Lipinski definition) is 2. The summed E-state index contributed by atoms with van der Waals surface area (Å²) in [6.45, 7) is 4.13. The molecule has 0 saturated heterocycles. The van der Waals surface area contributed by atoms with Crippen LogP contribution in [0.25, 0.3) is 0 Å². The zero-order chi connectivity index (χ0) is 9.61. The standard InChI is InChI=1S/C9H18O2Te/c1-4-5-6-9(2,7-12)8(10)11-3/h12H,4-7H2,1-3H3. The Labute approximate surface area is 88.0 Å². The normalized spacial score (nSPS) is 15.3. The summed E-state index contributed by atoms with van der Waals surface area (Å²) >= 11 is 1.69. The Hall–Kier alpha value is 0.260. The Morgan fingerprint density at radius 1 is 1.58 bits per heavy atom. The molecule has 0 amide bonds. The van der Waals surface area contributed by atoms with Crippen LogP contribution in [0.15, 0.2) is 0 Å². The SMILES string of the molecule is CCCCC(C)(C[TeH])C(=O)OC. The van der Waals surface area contributed by atoms with E-state index in [1.807, 2.05) is 6.92 Å². The molecule has 12 heavy (non-hydrogen) atoms. The van der Waals surface area contributed by atoms with Crippen LogP contribution in [-0.2, 0) is 9.53 Å². The molecule has 0 bridgehead atoms. The van der Waals surface area contributed by atoms with Crippen molar-refractivity contribution >= 4 is 28.3 Å². The van der Waals surface area contributed by atoms with E-state index in [-0.39, 0.29) is 11.4 Å². The second-order valence-electron chi connectivity index (χ2n) is 3.31. The maximum atomic E-state index is 11.4. The summed E-state index contributed by atoms with van der Waals surface area (Å²) in [6, 6.07) is 0. The molecule has 0 aliphatic heterocycles. The second kappa shape index (κ2) is 5.83. The first-order valence-corrected chi connectivity index (χ1v) is 6.10. The van der Waals surface area contributed by atoms with Crippen LogP contribution in [0, 0.1) is 5.41 Å². The van der Waals surface area contributed by atoms with Crippen molar-refractivity contribution in [3.63, 3.8) is 0 Å². The molecule has 0 saturated carbocycles. The van der Waals surface area contributed by atoms with Gasteiger partial charge in [0.2, 0.25) is 0 Å². The molecule has 72 valence electrons. The molecule has 0 N–H and O–H groups in total. The van der Waals surface area contributed by atoms with Gasteiger partial charge in [-0.2, -0.15) is 0 Å². The van der Waals surface area contributed by atoms with Crippen LogP contribution in [0.2, 0.25) is 4.47 Å². The zero-order valence-electron chi connectivity index (χ0n) is 8.09. The molecule has 0 radical (unpaired) electrons. The van der Waals surface area contributed by atoms with Gasteiger partial charge in [0.15, 0.2) is 0 Å². The molecular formula is C9H18O2Te. The van der Waals surface area contributed by atoms with E-state index in [2.05, 4.69) is 6.92 Å². The van der Waals surface area contributed by atoms with Crippen molar-refractivity contribution in [1.82, 2.24) is 0 Å². The van der Waals surface area contributed by atoms with Crippen molar-refractivity contribution in [2.75, 3.05) is 7.11 Å². The molecule has 0 aromatic heterocycles. The van der Waals surface area contributed by atoms with E-state index in [0.29, 0.717) is 0 Å². The quantitative estimate of drug-likeness (QED) is 0.567. The monoisotopic (exact) mass is 288 g/mol. The summed E-state index contributed by atoms with van der Waals surface area (Å²) < 4.78 is 5.68. The Balaban J connectivity index is 4.13. The number of carbonyl (C=O) groups excluding carboxylic acids is 1. The van der Waals surface area contributed by atoms with E-state index < -0.39 is 0 Å². The van der Waals surface area contributed by atoms with Crippen molar-refractivity contribution < 1.29 is 9.53 Å². The summed E-state index contributed by atoms with van der Waals surface area (Å²) in [6.07, 6.45) is 3.19. The third-order valence-corrected chi connectivity index (χ3v) is 4.10. The van der Waals surface area contributed by atoms with Gasteiger partial charge in [0.1, 0.15) is 0 Å². The van der Waals surface area contributed by atoms with Crippen LogP contribution < -0.4 is 0 Å². The number of carbonyl (C=O) groups is 1. The van der Waals surface area contributed by atoms with Crippen molar-refractivity contribution in [3.05, 3.63) is 0 Å². The van der Waals surface area contributed by atoms with Crippen LogP contribution in [-0.4, -0.2) is 35.4 Å². The molecule has 2 nitrogen and oxygen atoms in total. The fourth-order valence-corrected chi connectivity index (χ4v) is 1.88. The Bertz CT molecular complexity index is 147. The first kappa shape index (κ1) is 12.3. The summed E-state index contributed by atoms with van der Waals surface area (Å²) in [5.74, 6) is -0.0584. The number of rotatable bonds is 5. The fraction of sp³-hybridized carbons (Fsp3) is 0.889. The van der Waals surface area contributed by atoms with Gasteiger partial charge in [-0.25, -0.2) is 0 Å². The minimum absolute atomic E-state index is 0.0584. The van der Waals surface area contributed by atoms with E-state index >= 15 is 0 Å². The van der Waals surface area contributed by atoms with Gasteiger partial charge in [-0.3, -0.25) is 0 Å². The average Bonchev–Trinajstić information content (AvgIpc) is 2.12. The van der Waals surface area contributed by atoms with E-state index in [0.717, 1.165) is 23.7 Å². The molecule has 0 aromatic carbocycles. The zero-order valence-corrected chi connectivity index (χ0v) is 10.6. The first-order valence-electron chi connectivity index (χ1n) is 4.30. The third kappa shape index (κ3) is 3.33. The van der Waals surface area contributed by atoms with Gasteiger partial charge in [-0.05, 0) is 0 Å². The number of methoxy groups -OCH3 is 1. The first-order chi connectivity index (χ1) is 5.60. The fourth-order valence-electron chi connectivity index (χ4n) is 1.06. The van der Waals surface area contributed by atoms with Crippen molar-refractivity contribution in [1.29, 1.82) is 0 Å². The Kier molecular flexibility index (Phi) is 5.95. The Morgan fingerprint density at radius 3 is 2.50 bits per heavy atom. The predicted molar refractivity (Wildman–Crippen MR) is 51.6 cm³/mol. The van der Waals surface area contributed by atoms with Gasteiger partial charge >= 0.3 is 87.9 Å². The minimum atomic E-state index is -0.237. The molecule has 0 heterocycles. The molecule has 3 heteroatoms. The van der Waals surface area contributed by atoms with Crippen LogP contribution in [0.5, 0.6) is 0 Å². The van der Waals surface area contributed by atoms with Gasteiger partial charge in [-0.15, -0.1) is 0 Å². The van der Waals surface area contributed by atoms with Crippen LogP contribution in [0.1, 0.15) is 33.1 Å². The molecule has 0 aromatic rings. The maximum absolute atomic E-state index is 11.4. The van der Waals surface area contributed by atoms with Gasteiger partial charge < -0.3 is 0 Å². The molecule has 0 aliphatic rings. The molecular weight excluding hydrogens is 268 g/mol. The van der Waals surface area contributed by atoms with E-state index in [1.165, 1.54) is 7.11 Å². The van der Waals surface area contributed by atoms with Crippen molar-refractivity contribution in [2.45, 2.75) is 37.6 Å². The molecule has 1 atom stereocenters. The van der Waals surface area contributed by atoms with Crippen molar-refractivity contribution in [3.8, 4) is 0 Å². The van der Waals surface area contributed by atoms with E-state index in [4.69, 9.17) is 4.74 Å². The number of ether oxygens (including phenoxy) is 1. The van der Waals surface area contributed by atoms with Crippen LogP contribution in [0.3, 0.4) is 0 Å². The summed E-state index contributed by atoms with van der Waals surface area (Å²) in [4.78, 5) is 11.4. The topological polar surface area (TPSA) is 26.3 Å². The molecule has 0 aliphatic carbocycles. The molecule has 0 rings (SSSR count). The number of hydrogen-bond donors (Lipinski definition) is 0. The number of unbranched alkanes of at least 4 members (excludes halogenated alkanes) is 1. The summed E-state index contributed by atoms with van der Waals surface area (Å²) in [7, 11) is 1.47. The van der Waals surface area contributed by atoms with Gasteiger partial charge in [0.25, 0.3) is 0 Å². The van der Waals surface area contributed by atoms with Crippen molar-refractivity contribution in [2.24, 2.45) is 5.41 Å².